The molecule has 1 aromatic carbocycles. The number of nitrogens with one attached hydrogen (secondary N) is 6. The molecule has 0 saturated heterocycles. The molecule has 0 amide bonds. The number of alkyl halides is 6. The van der Waals surface area contributed by atoms with Gasteiger partial charge in [0.25, 0.3) is 0 Å². The molecule has 6 fully saturated rings. The number of para-hydroxylation sites is 1. The number of aromatic amines is 2. The lowest BCUT2D eigenvalue weighted by Crippen LogP contribution is -2.35. The van der Waals surface area contributed by atoms with Crippen LogP contribution in [0.1, 0.15) is 197 Å². The molecule has 11 rings (SSSR count). The van der Waals surface area contributed by atoms with Crippen LogP contribution in [0.3, 0.4) is 0 Å². The van der Waals surface area contributed by atoms with Crippen LogP contribution >= 0.6 is 0 Å². The number of nitrogens with two attached hydrogens (primary N) is 1. The summed E-state index contributed by atoms with van der Waals surface area (Å²) in [6, 6.07) is 17.4. The van der Waals surface area contributed by atoms with Crippen LogP contribution in [-0.4, -0.2) is 82.6 Å². The van der Waals surface area contributed by atoms with Gasteiger partial charge in [0.1, 0.15) is 23.2 Å². The zero-order valence-electron chi connectivity index (χ0n) is 47.5. The third-order valence-electron chi connectivity index (χ3n) is 17.9. The quantitative estimate of drug-likeness (QED) is 0.0261. The minimum Gasteiger partial charge on any atom is -0.427 e. The van der Waals surface area contributed by atoms with Gasteiger partial charge in [0.15, 0.2) is 11.6 Å². The maximum Gasteiger partial charge on any atom is 0.391 e. The molecule has 8 N–H and O–H groups in total. The average molecular weight is 1160 g/mol. The number of hydrogen-bond donors (Lipinski definition) is 7. The molecule has 452 valence electrons. The Morgan fingerprint density at radius 2 is 1.00 bits per heavy atom. The number of carbonyl (C=O) groups excluding carboxylic acids is 2. The zero-order valence-corrected chi connectivity index (χ0v) is 47.5. The Kier molecular flexibility index (Phi) is 21.7. The maximum atomic E-state index is 13.1. The largest absolute Gasteiger partial charge is 0.427 e. The number of halogens is 6. The SMILES string of the molecule is N[C@@H]1CCC[C@H](C(F)(F)F)C1.O=C(CC1CCC(Nc2nccc(Nc3cc(C4CCCC4)[nH]n3)n2)CC1)C[C@@H]1CCC[C@H](C(F)(F)F)C1.O=C(CC1CCC(Nc2nccc(Nc3cc(C4CCCC4)[nH]n3)n2)CC1)Oc1ccccc1. The number of carbonyl (C=O) groups is 2. The lowest BCUT2D eigenvalue weighted by molar-refractivity contribution is -0.186. The van der Waals surface area contributed by atoms with Crippen molar-refractivity contribution in [1.82, 2.24) is 40.3 Å². The Morgan fingerprint density at radius 3 is 1.48 bits per heavy atom. The Morgan fingerprint density at radius 1 is 0.530 bits per heavy atom. The van der Waals surface area contributed by atoms with Crippen LogP contribution in [0.5, 0.6) is 5.75 Å². The highest BCUT2D eigenvalue weighted by Gasteiger charge is 2.43. The number of aromatic nitrogens is 8. The van der Waals surface area contributed by atoms with Gasteiger partial charge in [-0.2, -0.15) is 46.5 Å². The number of benzene rings is 1. The molecule has 0 bridgehead atoms. The first kappa shape index (κ1) is 61.2. The second-order valence-corrected chi connectivity index (χ2v) is 24.3. The summed E-state index contributed by atoms with van der Waals surface area (Å²) < 4.78 is 80.9. The number of rotatable bonds is 17. The van der Waals surface area contributed by atoms with E-state index in [2.05, 4.69) is 73.7 Å². The lowest BCUT2D eigenvalue weighted by Gasteiger charge is -2.31. The molecule has 4 heterocycles. The van der Waals surface area contributed by atoms with E-state index in [0.29, 0.717) is 85.3 Å². The summed E-state index contributed by atoms with van der Waals surface area (Å²) in [7, 11) is 0. The third kappa shape index (κ3) is 19.4. The molecule has 0 aliphatic heterocycles. The highest BCUT2D eigenvalue weighted by Crippen LogP contribution is 2.42. The van der Waals surface area contributed by atoms with E-state index in [0.717, 1.165) is 81.7 Å². The van der Waals surface area contributed by atoms with E-state index in [4.69, 9.17) is 10.5 Å². The Labute approximate surface area is 482 Å². The normalized spacial score (nSPS) is 25.2. The molecule has 6 aliphatic rings. The van der Waals surface area contributed by atoms with Crippen molar-refractivity contribution >= 4 is 46.9 Å². The topological polar surface area (TPSA) is 226 Å². The van der Waals surface area contributed by atoms with Gasteiger partial charge in [-0.1, -0.05) is 56.7 Å². The molecule has 6 saturated carbocycles. The number of hydrogen-bond acceptors (Lipinski definition) is 14. The van der Waals surface area contributed by atoms with Gasteiger partial charge >= 0.3 is 18.3 Å². The first-order valence-electron chi connectivity index (χ1n) is 30.5. The van der Waals surface area contributed by atoms with Crippen LogP contribution in [0.2, 0.25) is 0 Å². The molecule has 22 heteroatoms. The van der Waals surface area contributed by atoms with Crippen LogP contribution in [-0.2, 0) is 9.59 Å². The lowest BCUT2D eigenvalue weighted by atomic mass is 9.77. The van der Waals surface area contributed by atoms with Crippen LogP contribution in [0, 0.1) is 29.6 Å². The van der Waals surface area contributed by atoms with Crippen LogP contribution in [0.15, 0.2) is 67.0 Å². The Balaban J connectivity index is 0.000000169. The van der Waals surface area contributed by atoms with Crippen LogP contribution < -0.4 is 31.7 Å². The summed E-state index contributed by atoms with van der Waals surface area (Å²) in [6.07, 6.45) is 17.6. The fourth-order valence-electron chi connectivity index (χ4n) is 13.3. The van der Waals surface area contributed by atoms with Crippen LogP contribution in [0.25, 0.3) is 0 Å². The summed E-state index contributed by atoms with van der Waals surface area (Å²) in [5, 5.41) is 28.6. The predicted octanol–water partition coefficient (Wildman–Crippen LogP) is 14.9. The molecule has 0 radical (unpaired) electrons. The van der Waals surface area contributed by atoms with E-state index in [9.17, 15) is 35.9 Å². The first-order valence-corrected chi connectivity index (χ1v) is 30.5. The number of Topliss-reactive ketones (excluding diaryl/α,β-unsaturated/α-hetero) is 1. The molecular weight excluding hydrogens is 1080 g/mol. The molecular formula is C61H83F6N13O3. The van der Waals surface area contributed by atoms with Crippen molar-refractivity contribution < 1.29 is 40.7 Å². The molecule has 5 aromatic rings. The van der Waals surface area contributed by atoms with Gasteiger partial charge in [-0.05, 0) is 158 Å². The van der Waals surface area contributed by atoms with Crippen molar-refractivity contribution in [2.75, 3.05) is 21.3 Å². The van der Waals surface area contributed by atoms with Gasteiger partial charge in [-0.15, -0.1) is 0 Å². The van der Waals surface area contributed by atoms with Crippen molar-refractivity contribution in [3.8, 4) is 5.75 Å². The number of ketones is 1. The number of esters is 1. The molecule has 0 unspecified atom stereocenters. The molecule has 16 nitrogen and oxygen atoms in total. The minimum absolute atomic E-state index is 0.113. The number of nitrogens with zero attached hydrogens (tertiary/aromatic N) is 6. The fourth-order valence-corrected chi connectivity index (χ4v) is 13.3. The van der Waals surface area contributed by atoms with Gasteiger partial charge in [-0.3, -0.25) is 19.8 Å². The van der Waals surface area contributed by atoms with E-state index in [1.54, 1.807) is 12.4 Å². The first-order chi connectivity index (χ1) is 40.0. The zero-order chi connectivity index (χ0) is 58.2. The number of ether oxygens (including phenoxy) is 1. The Hall–Kier alpha value is -6.32. The highest BCUT2D eigenvalue weighted by molar-refractivity contribution is 5.79. The molecule has 6 aliphatic carbocycles. The van der Waals surface area contributed by atoms with Crippen molar-refractivity contribution in [3.05, 3.63) is 78.4 Å². The van der Waals surface area contributed by atoms with Crippen molar-refractivity contribution in [3.63, 3.8) is 0 Å². The number of H-pyrrole nitrogens is 2. The summed E-state index contributed by atoms with van der Waals surface area (Å²) in [5.41, 5.74) is 7.80. The van der Waals surface area contributed by atoms with E-state index in [1.807, 2.05) is 42.5 Å². The second-order valence-electron chi connectivity index (χ2n) is 24.3. The van der Waals surface area contributed by atoms with Crippen molar-refractivity contribution in [1.29, 1.82) is 0 Å². The monoisotopic (exact) mass is 1160 g/mol. The van der Waals surface area contributed by atoms with Crippen molar-refractivity contribution in [2.24, 2.45) is 35.3 Å². The Bertz CT molecular complexity index is 2770. The maximum absolute atomic E-state index is 13.1. The molecule has 4 aromatic heterocycles. The van der Waals surface area contributed by atoms with E-state index >= 15 is 0 Å². The number of anilines is 6. The second kappa shape index (κ2) is 29.5. The molecule has 0 spiro atoms. The van der Waals surface area contributed by atoms with E-state index in [1.165, 1.54) is 62.8 Å². The van der Waals surface area contributed by atoms with Gasteiger partial charge in [0, 0.05) is 85.1 Å². The smallest absolute Gasteiger partial charge is 0.391 e. The van der Waals surface area contributed by atoms with Gasteiger partial charge in [0.05, 0.1) is 11.8 Å². The van der Waals surface area contributed by atoms with E-state index in [-0.39, 0.29) is 55.4 Å². The van der Waals surface area contributed by atoms with Crippen LogP contribution in [0.4, 0.5) is 61.5 Å². The highest BCUT2D eigenvalue weighted by atomic mass is 19.4. The molecule has 83 heavy (non-hydrogen) atoms. The summed E-state index contributed by atoms with van der Waals surface area (Å²) >= 11 is 0. The summed E-state index contributed by atoms with van der Waals surface area (Å²) in [5.74, 6) is 4.05. The minimum atomic E-state index is -4.14. The summed E-state index contributed by atoms with van der Waals surface area (Å²) in [4.78, 5) is 42.9. The van der Waals surface area contributed by atoms with Gasteiger partial charge in [0.2, 0.25) is 11.9 Å². The van der Waals surface area contributed by atoms with Gasteiger partial charge < -0.3 is 31.7 Å². The standard InChI is InChI=1S/C28H39F3N6O.C26H32N6O2.C7H12F3N/c29-28(30,31)21-7-3-4-19(14-21)16-23(38)15-18-8-10-22(11-9-18)33-27-32-13-12-25(35-27)34-26-17-24(36-37-26)20-5-1-2-6-20;33-25(34-21-8-2-1-3-9-21)16-18-10-12-20(13-11-18)28-26-27-15-14-23(30-26)29-24-17-22(31-32-24)19-6-4-5-7-19;8-7(9,10)5-2-1-3-6(11)4-5/h12-13,17-22H,1-11,14-16H2,(H3,32,33,34,35,36,37);1-3,8-9,14-15,17-20H,4-7,10-13,16H2,(H3,27,28,29,30,31,32);5-6H,1-4,11H2/t18?,19-,21+,22?;;5-,6+/m1.0/s1. The molecule has 4 atom stereocenters. The van der Waals surface area contributed by atoms with E-state index < -0.39 is 24.2 Å². The predicted molar refractivity (Wildman–Crippen MR) is 307 cm³/mol. The third-order valence-corrected chi connectivity index (χ3v) is 17.9. The summed E-state index contributed by atoms with van der Waals surface area (Å²) in [6.45, 7) is 0. The fraction of sp³-hybridized carbons (Fsp3) is 0.639. The average Bonchev–Trinajstić information content (AvgIpc) is 4.37. The van der Waals surface area contributed by atoms with Crippen molar-refractivity contribution in [2.45, 2.75) is 216 Å². The van der Waals surface area contributed by atoms with Gasteiger partial charge in [-0.25, -0.2) is 9.97 Å².